The fourth-order valence-electron chi connectivity index (χ4n) is 6.99. The second kappa shape index (κ2) is 11.0. The second-order valence-corrected chi connectivity index (χ2v) is 11.9. The van der Waals surface area contributed by atoms with Crippen LogP contribution in [0.15, 0.2) is 164 Å². The predicted molar refractivity (Wildman–Crippen MR) is 192 cm³/mol. The summed E-state index contributed by atoms with van der Waals surface area (Å²) in [5.41, 5.74) is 9.50. The molecule has 0 bridgehead atoms. The van der Waals surface area contributed by atoms with Crippen LogP contribution in [-0.4, -0.2) is 21.4 Å². The number of amides is 2. The van der Waals surface area contributed by atoms with Gasteiger partial charge in [0.2, 0.25) is 0 Å². The Morgan fingerprint density at radius 1 is 0.438 bits per heavy atom. The fraction of sp³-hybridized carbons (Fsp3) is 0. The Morgan fingerprint density at radius 2 is 1.15 bits per heavy atom. The zero-order valence-electron chi connectivity index (χ0n) is 25.7. The van der Waals surface area contributed by atoms with Gasteiger partial charge in [-0.25, -0.2) is 4.90 Å². The third-order valence-electron chi connectivity index (χ3n) is 9.20. The van der Waals surface area contributed by atoms with E-state index in [2.05, 4.69) is 58.1 Å². The number of fused-ring (bicyclic) bond motifs is 4. The Morgan fingerprint density at radius 3 is 1.94 bits per heavy atom. The molecule has 0 saturated heterocycles. The van der Waals surface area contributed by atoms with E-state index in [1.165, 1.54) is 4.90 Å². The van der Waals surface area contributed by atoms with Crippen LogP contribution in [0.3, 0.4) is 0 Å². The van der Waals surface area contributed by atoms with Crippen LogP contribution in [0.1, 0.15) is 20.7 Å². The van der Waals surface area contributed by atoms with E-state index in [1.54, 1.807) is 12.3 Å². The highest BCUT2D eigenvalue weighted by atomic mass is 16.2. The standard InChI is InChI=1S/C43H27N3O2/c47-42-34-17-11-20-39(45-37-19-8-7-16-32(37)33-23-21-31(27-40(33)45)36-18-9-10-25-44-36)41(34)43(48)46(42)38-24-22-30(28-12-3-1-4-13-28)26-35(38)29-14-5-2-6-15-29/h1-27H. The van der Waals surface area contributed by atoms with Gasteiger partial charge in [-0.3, -0.25) is 14.6 Å². The maximum absolute atomic E-state index is 14.7. The molecule has 3 heterocycles. The Bertz CT molecular complexity index is 2540. The molecular weight excluding hydrogens is 590 g/mol. The Kier molecular flexibility index (Phi) is 6.37. The number of hydrogen-bond donors (Lipinski definition) is 0. The largest absolute Gasteiger partial charge is 0.308 e. The summed E-state index contributed by atoms with van der Waals surface area (Å²) in [6, 6.07) is 51.9. The lowest BCUT2D eigenvalue weighted by molar-refractivity contribution is 0.0926. The maximum Gasteiger partial charge on any atom is 0.268 e. The normalized spacial score (nSPS) is 12.6. The molecule has 8 aromatic rings. The fourth-order valence-corrected chi connectivity index (χ4v) is 6.99. The molecule has 0 aliphatic carbocycles. The highest BCUT2D eigenvalue weighted by Gasteiger charge is 2.40. The number of pyridine rings is 1. The SMILES string of the molecule is O=C1c2cccc(-n3c4ccccc4c4ccc(-c5ccccn5)cc43)c2C(=O)N1c1ccc(-c2ccccc2)cc1-c1ccccc1. The molecule has 2 aromatic heterocycles. The molecule has 1 aliphatic heterocycles. The number of para-hydroxylation sites is 1. The molecule has 226 valence electrons. The van der Waals surface area contributed by atoms with Crippen molar-refractivity contribution in [3.8, 4) is 39.2 Å². The molecular formula is C43H27N3O2. The van der Waals surface area contributed by atoms with Gasteiger partial charge in [-0.2, -0.15) is 0 Å². The van der Waals surface area contributed by atoms with Crippen LogP contribution in [0.4, 0.5) is 5.69 Å². The van der Waals surface area contributed by atoms with Crippen molar-refractivity contribution in [2.75, 3.05) is 4.90 Å². The summed E-state index contributed by atoms with van der Waals surface area (Å²) in [4.78, 5) is 35.0. The molecule has 0 spiro atoms. The summed E-state index contributed by atoms with van der Waals surface area (Å²) >= 11 is 0. The van der Waals surface area contributed by atoms with Gasteiger partial charge in [-0.05, 0) is 65.2 Å². The van der Waals surface area contributed by atoms with E-state index in [1.807, 2.05) is 103 Å². The summed E-state index contributed by atoms with van der Waals surface area (Å²) in [5, 5.41) is 2.12. The quantitative estimate of drug-likeness (QED) is 0.181. The third kappa shape index (κ3) is 4.29. The van der Waals surface area contributed by atoms with E-state index in [4.69, 9.17) is 0 Å². The van der Waals surface area contributed by atoms with Crippen LogP contribution in [0.5, 0.6) is 0 Å². The molecule has 48 heavy (non-hydrogen) atoms. The van der Waals surface area contributed by atoms with E-state index in [0.29, 0.717) is 22.5 Å². The van der Waals surface area contributed by atoms with Crippen LogP contribution < -0.4 is 4.90 Å². The van der Waals surface area contributed by atoms with Crippen LogP contribution >= 0.6 is 0 Å². The molecule has 0 atom stereocenters. The molecule has 0 unspecified atom stereocenters. The van der Waals surface area contributed by atoms with Crippen molar-refractivity contribution in [3.05, 3.63) is 175 Å². The van der Waals surface area contributed by atoms with Crippen molar-refractivity contribution in [3.63, 3.8) is 0 Å². The Labute approximate surface area is 277 Å². The number of aromatic nitrogens is 2. The second-order valence-electron chi connectivity index (χ2n) is 11.9. The number of rotatable bonds is 5. The molecule has 2 amide bonds. The van der Waals surface area contributed by atoms with Gasteiger partial charge in [0, 0.05) is 28.1 Å². The van der Waals surface area contributed by atoms with Crippen LogP contribution in [0.25, 0.3) is 61.0 Å². The van der Waals surface area contributed by atoms with Gasteiger partial charge < -0.3 is 4.57 Å². The minimum absolute atomic E-state index is 0.337. The van der Waals surface area contributed by atoms with Gasteiger partial charge in [0.15, 0.2) is 0 Å². The first-order chi connectivity index (χ1) is 23.7. The number of benzene rings is 6. The monoisotopic (exact) mass is 617 g/mol. The molecule has 0 fully saturated rings. The van der Waals surface area contributed by atoms with Crippen LogP contribution in [-0.2, 0) is 0 Å². The summed E-state index contributed by atoms with van der Waals surface area (Å²) < 4.78 is 2.11. The van der Waals surface area contributed by atoms with Crippen molar-refractivity contribution in [1.29, 1.82) is 0 Å². The van der Waals surface area contributed by atoms with Crippen LogP contribution in [0, 0.1) is 0 Å². The number of carbonyl (C=O) groups excluding carboxylic acids is 2. The molecule has 6 aromatic carbocycles. The average molecular weight is 618 g/mol. The van der Waals surface area contributed by atoms with Crippen molar-refractivity contribution in [2.24, 2.45) is 0 Å². The predicted octanol–water partition coefficient (Wildman–Crippen LogP) is 9.98. The lowest BCUT2D eigenvalue weighted by atomic mass is 9.97. The van der Waals surface area contributed by atoms with E-state index < -0.39 is 0 Å². The molecule has 0 saturated carbocycles. The number of anilines is 1. The summed E-state index contributed by atoms with van der Waals surface area (Å²) in [5.74, 6) is -0.682. The third-order valence-corrected chi connectivity index (χ3v) is 9.20. The van der Waals surface area contributed by atoms with Gasteiger partial charge in [0.1, 0.15) is 0 Å². The van der Waals surface area contributed by atoms with Crippen LogP contribution in [0.2, 0.25) is 0 Å². The molecule has 9 rings (SSSR count). The Hall–Kier alpha value is -6.59. The zero-order chi connectivity index (χ0) is 32.2. The van der Waals surface area contributed by atoms with Gasteiger partial charge >= 0.3 is 0 Å². The highest BCUT2D eigenvalue weighted by molar-refractivity contribution is 6.36. The highest BCUT2D eigenvalue weighted by Crippen LogP contribution is 2.42. The van der Waals surface area contributed by atoms with Gasteiger partial charge in [-0.15, -0.1) is 0 Å². The number of imide groups is 1. The smallest absolute Gasteiger partial charge is 0.268 e. The summed E-state index contributed by atoms with van der Waals surface area (Å²) in [6.45, 7) is 0. The van der Waals surface area contributed by atoms with Crippen molar-refractivity contribution in [2.45, 2.75) is 0 Å². The first kappa shape index (κ1) is 27.7. The lowest BCUT2D eigenvalue weighted by Crippen LogP contribution is -2.30. The zero-order valence-corrected chi connectivity index (χ0v) is 25.7. The maximum atomic E-state index is 14.7. The average Bonchev–Trinajstić information content (AvgIpc) is 3.62. The minimum atomic E-state index is -0.345. The first-order valence-electron chi connectivity index (χ1n) is 15.9. The molecule has 1 aliphatic rings. The van der Waals surface area contributed by atoms with E-state index in [-0.39, 0.29) is 11.8 Å². The Balaban J connectivity index is 1.24. The number of carbonyl (C=O) groups is 2. The van der Waals surface area contributed by atoms with E-state index in [0.717, 1.165) is 55.3 Å². The molecule has 0 radical (unpaired) electrons. The lowest BCUT2D eigenvalue weighted by Gasteiger charge is -2.20. The van der Waals surface area contributed by atoms with Crippen molar-refractivity contribution in [1.82, 2.24) is 9.55 Å². The summed E-state index contributed by atoms with van der Waals surface area (Å²) in [7, 11) is 0. The van der Waals surface area contributed by atoms with Gasteiger partial charge in [0.25, 0.3) is 11.8 Å². The van der Waals surface area contributed by atoms with Gasteiger partial charge in [0.05, 0.1) is 39.2 Å². The molecule has 0 N–H and O–H groups in total. The summed E-state index contributed by atoms with van der Waals surface area (Å²) in [6.07, 6.45) is 1.79. The topological polar surface area (TPSA) is 55.2 Å². The first-order valence-corrected chi connectivity index (χ1v) is 15.9. The minimum Gasteiger partial charge on any atom is -0.308 e. The molecule has 5 heteroatoms. The van der Waals surface area contributed by atoms with Gasteiger partial charge in [-0.1, -0.05) is 109 Å². The van der Waals surface area contributed by atoms with E-state index in [9.17, 15) is 9.59 Å². The number of nitrogens with zero attached hydrogens (tertiary/aromatic N) is 3. The van der Waals surface area contributed by atoms with Crippen molar-refractivity contribution >= 4 is 39.3 Å². The van der Waals surface area contributed by atoms with Crippen molar-refractivity contribution < 1.29 is 9.59 Å². The van der Waals surface area contributed by atoms with E-state index >= 15 is 0 Å². The molecule has 5 nitrogen and oxygen atoms in total. The number of hydrogen-bond acceptors (Lipinski definition) is 3.